The molecule has 4 aromatic rings. The molecule has 8 heteroatoms. The molecule has 0 atom stereocenters. The molecule has 0 aliphatic heterocycles. The third kappa shape index (κ3) is 3.94. The number of tetrazole rings is 1. The van der Waals surface area contributed by atoms with Crippen LogP contribution in [0.2, 0.25) is 0 Å². The van der Waals surface area contributed by atoms with Gasteiger partial charge in [0.1, 0.15) is 0 Å². The van der Waals surface area contributed by atoms with Crippen LogP contribution in [-0.2, 0) is 19.5 Å². The molecule has 3 heterocycles. The number of aromatic amines is 1. The normalized spacial score (nSPS) is 11.1. The molecule has 0 saturated carbocycles. The molecule has 0 saturated heterocycles. The van der Waals surface area contributed by atoms with Crippen molar-refractivity contribution < 1.29 is 0 Å². The molecule has 0 unspecified atom stereocenters. The van der Waals surface area contributed by atoms with Crippen molar-refractivity contribution in [3.8, 4) is 22.5 Å². The van der Waals surface area contributed by atoms with Gasteiger partial charge in [-0.05, 0) is 40.5 Å². The molecule has 154 valence electrons. The van der Waals surface area contributed by atoms with Crippen LogP contribution in [0.25, 0.3) is 22.5 Å². The van der Waals surface area contributed by atoms with Crippen molar-refractivity contribution in [2.75, 3.05) is 0 Å². The van der Waals surface area contributed by atoms with E-state index in [-0.39, 0.29) is 5.69 Å². The van der Waals surface area contributed by atoms with Gasteiger partial charge in [0, 0.05) is 42.0 Å². The summed E-state index contributed by atoms with van der Waals surface area (Å²) >= 11 is 0. The second-order valence-electron chi connectivity index (χ2n) is 7.30. The van der Waals surface area contributed by atoms with E-state index >= 15 is 0 Å². The van der Waals surface area contributed by atoms with Gasteiger partial charge in [-0.3, -0.25) is 14.1 Å². The summed E-state index contributed by atoms with van der Waals surface area (Å²) in [6.07, 6.45) is 8.39. The van der Waals surface area contributed by atoms with E-state index in [1.54, 1.807) is 6.20 Å². The minimum absolute atomic E-state index is 0.0664. The van der Waals surface area contributed by atoms with E-state index in [9.17, 15) is 4.79 Å². The number of imidazole rings is 1. The van der Waals surface area contributed by atoms with Crippen molar-refractivity contribution in [1.29, 1.82) is 0 Å². The summed E-state index contributed by atoms with van der Waals surface area (Å²) in [5.74, 6) is 0.601. The lowest BCUT2D eigenvalue weighted by Crippen LogP contribution is -2.25. The molecule has 0 spiro atoms. The van der Waals surface area contributed by atoms with Crippen LogP contribution in [0.15, 0.2) is 53.7 Å². The van der Waals surface area contributed by atoms with Gasteiger partial charge in [0.25, 0.3) is 0 Å². The molecule has 0 radical (unpaired) electrons. The van der Waals surface area contributed by atoms with E-state index in [4.69, 9.17) is 0 Å². The maximum atomic E-state index is 12.8. The fourth-order valence-corrected chi connectivity index (χ4v) is 3.69. The van der Waals surface area contributed by atoms with E-state index in [0.717, 1.165) is 53.8 Å². The summed E-state index contributed by atoms with van der Waals surface area (Å²) < 4.78 is 3.72. The number of aromatic nitrogens is 7. The summed E-state index contributed by atoms with van der Waals surface area (Å²) in [7, 11) is 0. The summed E-state index contributed by atoms with van der Waals surface area (Å²) in [6.45, 7) is 5.54. The third-order valence-electron chi connectivity index (χ3n) is 5.13. The van der Waals surface area contributed by atoms with Gasteiger partial charge in [-0.25, -0.2) is 9.89 Å². The van der Waals surface area contributed by atoms with Gasteiger partial charge in [0.2, 0.25) is 0 Å². The van der Waals surface area contributed by atoms with Crippen LogP contribution in [0.5, 0.6) is 0 Å². The standard InChI is InChI=1S/C22H25N7O/c1-3-5-18-15-28(12-4-2)22(30)29(18)14-16-6-8-17(9-7-16)20-13-23-11-10-19(20)21-24-26-27-25-21/h6-11,13,15H,3-5,12,14H2,1-2H3,(H,24,25,26,27). The highest BCUT2D eigenvalue weighted by Gasteiger charge is 2.13. The second kappa shape index (κ2) is 8.86. The average molecular weight is 403 g/mol. The van der Waals surface area contributed by atoms with Crippen molar-refractivity contribution >= 4 is 0 Å². The molecule has 1 aromatic carbocycles. The fraction of sp³-hybridized carbons (Fsp3) is 0.318. The van der Waals surface area contributed by atoms with E-state index in [1.165, 1.54) is 0 Å². The van der Waals surface area contributed by atoms with Crippen LogP contribution >= 0.6 is 0 Å². The zero-order valence-electron chi connectivity index (χ0n) is 17.2. The van der Waals surface area contributed by atoms with Crippen LogP contribution < -0.4 is 5.69 Å². The summed E-state index contributed by atoms with van der Waals surface area (Å²) in [5, 5.41) is 14.2. The van der Waals surface area contributed by atoms with Crippen LogP contribution in [-0.4, -0.2) is 34.7 Å². The number of aryl methyl sites for hydroxylation is 2. The Morgan fingerprint density at radius 1 is 1.03 bits per heavy atom. The van der Waals surface area contributed by atoms with Gasteiger partial charge >= 0.3 is 5.69 Å². The maximum absolute atomic E-state index is 12.8. The molecule has 4 rings (SSSR count). The number of rotatable bonds is 8. The quantitative estimate of drug-likeness (QED) is 0.487. The number of H-pyrrole nitrogens is 1. The Morgan fingerprint density at radius 2 is 1.87 bits per heavy atom. The third-order valence-corrected chi connectivity index (χ3v) is 5.13. The topological polar surface area (TPSA) is 94.3 Å². The Labute approximate surface area is 174 Å². The molecular formula is C22H25N7O. The number of benzene rings is 1. The minimum Gasteiger partial charge on any atom is -0.299 e. The smallest absolute Gasteiger partial charge is 0.299 e. The van der Waals surface area contributed by atoms with Crippen LogP contribution in [0.1, 0.15) is 37.9 Å². The monoisotopic (exact) mass is 403 g/mol. The molecule has 1 N–H and O–H groups in total. The maximum Gasteiger partial charge on any atom is 0.328 e. The first-order valence-corrected chi connectivity index (χ1v) is 10.3. The lowest BCUT2D eigenvalue weighted by molar-refractivity contribution is 0.619. The first kappa shape index (κ1) is 19.8. The Hall–Kier alpha value is -3.55. The van der Waals surface area contributed by atoms with Gasteiger partial charge in [0.15, 0.2) is 5.82 Å². The molecule has 0 amide bonds. The van der Waals surface area contributed by atoms with E-state index in [2.05, 4.69) is 51.6 Å². The number of hydrogen-bond acceptors (Lipinski definition) is 5. The Bertz CT molecular complexity index is 1160. The Balaban J connectivity index is 1.63. The first-order valence-electron chi connectivity index (χ1n) is 10.3. The average Bonchev–Trinajstić information content (AvgIpc) is 3.40. The second-order valence-corrected chi connectivity index (χ2v) is 7.30. The molecule has 0 aliphatic rings. The van der Waals surface area contributed by atoms with Crippen molar-refractivity contribution in [3.05, 3.63) is 70.7 Å². The number of pyridine rings is 1. The largest absolute Gasteiger partial charge is 0.328 e. The SMILES string of the molecule is CCCc1cn(CCC)c(=O)n1Cc1ccc(-c2cnccc2-c2nnn[nH]2)cc1. The van der Waals surface area contributed by atoms with E-state index in [0.29, 0.717) is 12.4 Å². The van der Waals surface area contributed by atoms with E-state index < -0.39 is 0 Å². The molecule has 3 aromatic heterocycles. The van der Waals surface area contributed by atoms with Crippen molar-refractivity contribution in [1.82, 2.24) is 34.7 Å². The first-order chi connectivity index (χ1) is 14.7. The van der Waals surface area contributed by atoms with Gasteiger partial charge in [-0.1, -0.05) is 44.5 Å². The van der Waals surface area contributed by atoms with Crippen molar-refractivity contribution in [2.45, 2.75) is 46.2 Å². The number of hydrogen-bond donors (Lipinski definition) is 1. The van der Waals surface area contributed by atoms with Gasteiger partial charge in [-0.2, -0.15) is 0 Å². The van der Waals surface area contributed by atoms with Crippen molar-refractivity contribution in [2.24, 2.45) is 0 Å². The molecule has 0 fully saturated rings. The molecular weight excluding hydrogens is 378 g/mol. The highest BCUT2D eigenvalue weighted by Crippen LogP contribution is 2.29. The van der Waals surface area contributed by atoms with Crippen LogP contribution in [0.4, 0.5) is 0 Å². The predicted octanol–water partition coefficient (Wildman–Crippen LogP) is 3.30. The van der Waals surface area contributed by atoms with Crippen LogP contribution in [0.3, 0.4) is 0 Å². The zero-order valence-corrected chi connectivity index (χ0v) is 17.2. The summed E-state index contributed by atoms with van der Waals surface area (Å²) in [4.78, 5) is 17.1. The van der Waals surface area contributed by atoms with Gasteiger partial charge in [0.05, 0.1) is 6.54 Å². The number of nitrogens with zero attached hydrogens (tertiary/aromatic N) is 6. The van der Waals surface area contributed by atoms with Gasteiger partial charge in [-0.15, -0.1) is 5.10 Å². The molecule has 0 bridgehead atoms. The minimum atomic E-state index is 0.0664. The zero-order chi connectivity index (χ0) is 20.9. The van der Waals surface area contributed by atoms with E-state index in [1.807, 2.05) is 39.7 Å². The molecule has 30 heavy (non-hydrogen) atoms. The Morgan fingerprint density at radius 3 is 2.57 bits per heavy atom. The highest BCUT2D eigenvalue weighted by atomic mass is 16.1. The Kier molecular flexibility index (Phi) is 5.83. The van der Waals surface area contributed by atoms with Crippen LogP contribution in [0, 0.1) is 0 Å². The molecule has 8 nitrogen and oxygen atoms in total. The van der Waals surface area contributed by atoms with Crippen molar-refractivity contribution in [3.63, 3.8) is 0 Å². The lowest BCUT2D eigenvalue weighted by atomic mass is 10.0. The predicted molar refractivity (Wildman–Crippen MR) is 115 cm³/mol. The van der Waals surface area contributed by atoms with Gasteiger partial charge < -0.3 is 0 Å². The molecule has 0 aliphatic carbocycles. The lowest BCUT2D eigenvalue weighted by Gasteiger charge is -2.09. The highest BCUT2D eigenvalue weighted by molar-refractivity contribution is 5.79. The number of nitrogens with one attached hydrogen (secondary N) is 1. The fourth-order valence-electron chi connectivity index (χ4n) is 3.69. The summed E-state index contributed by atoms with van der Waals surface area (Å²) in [6, 6.07) is 10.1. The summed E-state index contributed by atoms with van der Waals surface area (Å²) in [5.41, 5.74) is 5.09.